The van der Waals surface area contributed by atoms with Crippen LogP contribution in [0.3, 0.4) is 0 Å². The molecule has 1 aromatic carbocycles. The lowest BCUT2D eigenvalue weighted by molar-refractivity contribution is 0.486. The molecule has 16 heavy (non-hydrogen) atoms. The molecule has 0 bridgehead atoms. The molecule has 3 N–H and O–H groups in total. The van der Waals surface area contributed by atoms with E-state index in [1.807, 2.05) is 24.9 Å². The molecular formula is C12H20N4. The van der Waals surface area contributed by atoms with E-state index in [0.717, 1.165) is 25.5 Å². The second kappa shape index (κ2) is 6.85. The zero-order valence-corrected chi connectivity index (χ0v) is 9.98. The van der Waals surface area contributed by atoms with Gasteiger partial charge in [0.1, 0.15) is 0 Å². The van der Waals surface area contributed by atoms with E-state index in [-0.39, 0.29) is 0 Å². The number of nitrogens with two attached hydrogens (primary N) is 1. The third-order valence-electron chi connectivity index (χ3n) is 2.38. The van der Waals surface area contributed by atoms with E-state index in [0.29, 0.717) is 0 Å². The lowest BCUT2D eigenvalue weighted by Gasteiger charge is -2.20. The summed E-state index contributed by atoms with van der Waals surface area (Å²) in [6.45, 7) is 3.62. The smallest absolute Gasteiger partial charge is 0.208 e. The average molecular weight is 220 g/mol. The summed E-state index contributed by atoms with van der Waals surface area (Å²) in [5, 5.41) is 0. The van der Waals surface area contributed by atoms with Crippen LogP contribution in [0.15, 0.2) is 35.3 Å². The van der Waals surface area contributed by atoms with Crippen molar-refractivity contribution in [3.63, 3.8) is 0 Å². The SMILES string of the molecule is CCN=C(NN)N(C)CCc1ccccc1. The molecule has 0 aromatic heterocycles. The zero-order chi connectivity index (χ0) is 11.8. The molecule has 0 fully saturated rings. The van der Waals surface area contributed by atoms with Crippen LogP contribution in [0.25, 0.3) is 0 Å². The lowest BCUT2D eigenvalue weighted by atomic mass is 10.1. The van der Waals surface area contributed by atoms with Crippen molar-refractivity contribution < 1.29 is 0 Å². The first-order chi connectivity index (χ1) is 7.77. The van der Waals surface area contributed by atoms with Crippen LogP contribution in [-0.2, 0) is 6.42 Å². The second-order valence-corrected chi connectivity index (χ2v) is 3.60. The maximum absolute atomic E-state index is 5.41. The monoisotopic (exact) mass is 220 g/mol. The maximum atomic E-state index is 5.41. The molecule has 0 heterocycles. The van der Waals surface area contributed by atoms with Gasteiger partial charge in [-0.2, -0.15) is 0 Å². The van der Waals surface area contributed by atoms with Crippen LogP contribution < -0.4 is 11.3 Å². The minimum Gasteiger partial charge on any atom is -0.345 e. The first-order valence-corrected chi connectivity index (χ1v) is 5.54. The molecule has 1 aromatic rings. The third-order valence-corrected chi connectivity index (χ3v) is 2.38. The van der Waals surface area contributed by atoms with Gasteiger partial charge in [-0.05, 0) is 18.9 Å². The van der Waals surface area contributed by atoms with E-state index in [2.05, 4.69) is 34.7 Å². The lowest BCUT2D eigenvalue weighted by Crippen LogP contribution is -2.43. The Morgan fingerprint density at radius 1 is 1.38 bits per heavy atom. The van der Waals surface area contributed by atoms with Gasteiger partial charge in [0.15, 0.2) is 0 Å². The van der Waals surface area contributed by atoms with E-state index in [4.69, 9.17) is 5.84 Å². The van der Waals surface area contributed by atoms with Crippen LogP contribution in [0.4, 0.5) is 0 Å². The van der Waals surface area contributed by atoms with E-state index < -0.39 is 0 Å². The van der Waals surface area contributed by atoms with Gasteiger partial charge in [0, 0.05) is 20.1 Å². The van der Waals surface area contributed by atoms with Crippen LogP contribution in [0.2, 0.25) is 0 Å². The molecule has 0 aliphatic heterocycles. The fourth-order valence-electron chi connectivity index (χ4n) is 1.47. The number of guanidine groups is 1. The van der Waals surface area contributed by atoms with Crippen molar-refractivity contribution in [3.05, 3.63) is 35.9 Å². The van der Waals surface area contributed by atoms with Gasteiger partial charge in [0.2, 0.25) is 5.96 Å². The number of hydrogen-bond donors (Lipinski definition) is 2. The molecule has 0 aliphatic rings. The first-order valence-electron chi connectivity index (χ1n) is 5.54. The van der Waals surface area contributed by atoms with Crippen molar-refractivity contribution >= 4 is 5.96 Å². The van der Waals surface area contributed by atoms with Gasteiger partial charge in [0.25, 0.3) is 0 Å². The predicted molar refractivity (Wildman–Crippen MR) is 68.1 cm³/mol. The Kier molecular flexibility index (Phi) is 5.36. The highest BCUT2D eigenvalue weighted by atomic mass is 15.4. The third kappa shape index (κ3) is 3.90. The molecule has 0 amide bonds. The molecule has 0 radical (unpaired) electrons. The Bertz CT molecular complexity index is 321. The summed E-state index contributed by atoms with van der Waals surface area (Å²) in [6, 6.07) is 10.4. The molecule has 1 rings (SSSR count). The molecule has 0 unspecified atom stereocenters. The molecule has 0 aliphatic carbocycles. The number of rotatable bonds is 4. The molecule has 4 nitrogen and oxygen atoms in total. The first kappa shape index (κ1) is 12.5. The number of nitrogens with zero attached hydrogens (tertiary/aromatic N) is 2. The largest absolute Gasteiger partial charge is 0.345 e. The van der Waals surface area contributed by atoms with Crippen LogP contribution in [0.1, 0.15) is 12.5 Å². The summed E-state index contributed by atoms with van der Waals surface area (Å²) in [7, 11) is 1.98. The van der Waals surface area contributed by atoms with Crippen LogP contribution in [0, 0.1) is 0 Å². The van der Waals surface area contributed by atoms with Gasteiger partial charge < -0.3 is 4.90 Å². The Hall–Kier alpha value is -1.55. The van der Waals surface area contributed by atoms with Gasteiger partial charge in [-0.1, -0.05) is 30.3 Å². The Morgan fingerprint density at radius 2 is 2.06 bits per heavy atom. The van der Waals surface area contributed by atoms with E-state index in [1.165, 1.54) is 5.56 Å². The highest BCUT2D eigenvalue weighted by molar-refractivity contribution is 5.79. The molecule has 0 saturated heterocycles. The molecule has 0 atom stereocenters. The number of likely N-dealkylation sites (N-methyl/N-ethyl adjacent to an activating group) is 1. The summed E-state index contributed by atoms with van der Waals surface area (Å²) < 4.78 is 0. The van der Waals surface area contributed by atoms with Gasteiger partial charge in [-0.25, -0.2) is 5.84 Å². The predicted octanol–water partition coefficient (Wildman–Crippen LogP) is 1.00. The fourth-order valence-corrected chi connectivity index (χ4v) is 1.47. The Morgan fingerprint density at radius 3 is 2.62 bits per heavy atom. The van der Waals surface area contributed by atoms with Gasteiger partial charge >= 0.3 is 0 Å². The number of benzene rings is 1. The minimum atomic E-state index is 0.731. The highest BCUT2D eigenvalue weighted by Gasteiger charge is 2.03. The highest BCUT2D eigenvalue weighted by Crippen LogP contribution is 2.00. The average Bonchev–Trinajstić information content (AvgIpc) is 2.34. The summed E-state index contributed by atoms with van der Waals surface area (Å²) >= 11 is 0. The molecular weight excluding hydrogens is 200 g/mol. The topological polar surface area (TPSA) is 53.6 Å². The van der Waals surface area contributed by atoms with Crippen LogP contribution in [-0.4, -0.2) is 31.0 Å². The fraction of sp³-hybridized carbons (Fsp3) is 0.417. The van der Waals surface area contributed by atoms with E-state index in [1.54, 1.807) is 0 Å². The van der Waals surface area contributed by atoms with E-state index >= 15 is 0 Å². The number of hydrogen-bond acceptors (Lipinski definition) is 2. The molecule has 0 spiro atoms. The number of hydrazine groups is 1. The summed E-state index contributed by atoms with van der Waals surface area (Å²) in [6.07, 6.45) is 0.988. The number of nitrogens with one attached hydrogen (secondary N) is 1. The van der Waals surface area contributed by atoms with Crippen molar-refractivity contribution in [1.29, 1.82) is 0 Å². The molecule has 88 valence electrons. The van der Waals surface area contributed by atoms with Crippen LogP contribution in [0.5, 0.6) is 0 Å². The normalized spacial score (nSPS) is 11.3. The van der Waals surface area contributed by atoms with Gasteiger partial charge in [0.05, 0.1) is 0 Å². The van der Waals surface area contributed by atoms with Crippen LogP contribution >= 0.6 is 0 Å². The summed E-state index contributed by atoms with van der Waals surface area (Å²) in [4.78, 5) is 6.29. The number of aliphatic imine (C=N–C) groups is 1. The van der Waals surface area contributed by atoms with Gasteiger partial charge in [-0.3, -0.25) is 10.4 Å². The van der Waals surface area contributed by atoms with Crippen molar-refractivity contribution in [2.24, 2.45) is 10.8 Å². The van der Waals surface area contributed by atoms with Crippen molar-refractivity contribution in [2.45, 2.75) is 13.3 Å². The summed E-state index contributed by atoms with van der Waals surface area (Å²) in [5.74, 6) is 6.14. The Balaban J connectivity index is 2.46. The van der Waals surface area contributed by atoms with Crippen molar-refractivity contribution in [3.8, 4) is 0 Å². The zero-order valence-electron chi connectivity index (χ0n) is 9.98. The quantitative estimate of drug-likeness (QED) is 0.344. The van der Waals surface area contributed by atoms with E-state index in [9.17, 15) is 0 Å². The second-order valence-electron chi connectivity index (χ2n) is 3.60. The maximum Gasteiger partial charge on any atom is 0.208 e. The standard InChI is InChI=1S/C12H20N4/c1-3-14-12(15-13)16(2)10-9-11-7-5-4-6-8-11/h4-8H,3,9-10,13H2,1-2H3,(H,14,15). The molecule has 0 saturated carbocycles. The minimum absolute atomic E-state index is 0.731. The Labute approximate surface area is 97.1 Å². The molecule has 4 heteroatoms. The van der Waals surface area contributed by atoms with Crippen molar-refractivity contribution in [1.82, 2.24) is 10.3 Å². The van der Waals surface area contributed by atoms with Crippen molar-refractivity contribution in [2.75, 3.05) is 20.1 Å². The summed E-state index contributed by atoms with van der Waals surface area (Å²) in [5.41, 5.74) is 3.94. The van der Waals surface area contributed by atoms with Gasteiger partial charge in [-0.15, -0.1) is 0 Å².